The van der Waals surface area contributed by atoms with Crippen molar-refractivity contribution >= 4 is 12.2 Å². The predicted molar refractivity (Wildman–Crippen MR) is 74.0 cm³/mol. The molecule has 0 bridgehead atoms. The Balaban J connectivity index is 2.14. The number of esters is 1. The SMILES string of the molecule is COC(=O)c1cc(-c2ccc(O)cc2)nc2c1C=NC2. The number of nitrogens with zero attached hydrogens (tertiary/aromatic N) is 2. The fourth-order valence-electron chi connectivity index (χ4n) is 2.15. The number of benzene rings is 1. The molecule has 1 aromatic heterocycles. The topological polar surface area (TPSA) is 71.8 Å². The lowest BCUT2D eigenvalue weighted by molar-refractivity contribution is 0.0600. The molecule has 1 aliphatic heterocycles. The van der Waals surface area contributed by atoms with Crippen molar-refractivity contribution in [3.8, 4) is 17.0 Å². The average Bonchev–Trinajstić information content (AvgIpc) is 2.94. The van der Waals surface area contributed by atoms with Gasteiger partial charge in [-0.05, 0) is 30.3 Å². The van der Waals surface area contributed by atoms with Crippen LogP contribution in [0, 0.1) is 0 Å². The summed E-state index contributed by atoms with van der Waals surface area (Å²) in [6, 6.07) is 8.35. The van der Waals surface area contributed by atoms with E-state index >= 15 is 0 Å². The second-order valence-electron chi connectivity index (χ2n) is 4.42. The molecule has 1 aromatic carbocycles. The number of aromatic nitrogens is 1. The van der Waals surface area contributed by atoms with Crippen molar-refractivity contribution in [2.45, 2.75) is 6.54 Å². The number of methoxy groups -OCH3 is 1. The van der Waals surface area contributed by atoms with Crippen molar-refractivity contribution in [2.24, 2.45) is 4.99 Å². The summed E-state index contributed by atoms with van der Waals surface area (Å²) in [5, 5.41) is 9.32. The minimum atomic E-state index is -0.406. The molecule has 5 nitrogen and oxygen atoms in total. The molecule has 0 spiro atoms. The summed E-state index contributed by atoms with van der Waals surface area (Å²) >= 11 is 0. The third kappa shape index (κ3) is 2.03. The first-order valence-corrected chi connectivity index (χ1v) is 6.10. The van der Waals surface area contributed by atoms with Gasteiger partial charge in [-0.2, -0.15) is 0 Å². The first-order chi connectivity index (χ1) is 9.69. The summed E-state index contributed by atoms with van der Waals surface area (Å²) < 4.78 is 4.80. The molecular formula is C15H12N2O3. The Morgan fingerprint density at radius 3 is 2.75 bits per heavy atom. The van der Waals surface area contributed by atoms with Crippen molar-refractivity contribution in [1.82, 2.24) is 4.98 Å². The predicted octanol–water partition coefficient (Wildman–Crippen LogP) is 2.17. The standard InChI is InChI=1S/C15H12N2O3/c1-20-15(19)11-6-13(9-2-4-10(18)5-3-9)17-14-8-16-7-12(11)14/h2-7,18H,8H2,1H3. The number of phenols is 1. The van der Waals surface area contributed by atoms with Gasteiger partial charge in [-0.15, -0.1) is 0 Å². The van der Waals surface area contributed by atoms with Gasteiger partial charge in [0.05, 0.1) is 30.6 Å². The van der Waals surface area contributed by atoms with Gasteiger partial charge in [-0.25, -0.2) is 4.79 Å². The lowest BCUT2D eigenvalue weighted by atomic mass is 10.0. The second-order valence-corrected chi connectivity index (χ2v) is 4.42. The van der Waals surface area contributed by atoms with E-state index in [1.165, 1.54) is 7.11 Å². The number of aromatic hydroxyl groups is 1. The Morgan fingerprint density at radius 1 is 1.30 bits per heavy atom. The summed E-state index contributed by atoms with van der Waals surface area (Å²) in [5.74, 6) is -0.219. The molecule has 0 amide bonds. The molecule has 0 fully saturated rings. The van der Waals surface area contributed by atoms with E-state index in [4.69, 9.17) is 4.74 Å². The van der Waals surface area contributed by atoms with Gasteiger partial charge < -0.3 is 9.84 Å². The highest BCUT2D eigenvalue weighted by atomic mass is 16.5. The number of fused-ring (bicyclic) bond motifs is 1. The third-order valence-corrected chi connectivity index (χ3v) is 3.17. The van der Waals surface area contributed by atoms with E-state index in [-0.39, 0.29) is 5.75 Å². The maximum Gasteiger partial charge on any atom is 0.338 e. The zero-order valence-corrected chi connectivity index (χ0v) is 10.8. The van der Waals surface area contributed by atoms with Crippen molar-refractivity contribution < 1.29 is 14.6 Å². The van der Waals surface area contributed by atoms with E-state index in [0.717, 1.165) is 16.8 Å². The van der Waals surface area contributed by atoms with Crippen molar-refractivity contribution in [3.05, 3.63) is 47.2 Å². The molecule has 100 valence electrons. The summed E-state index contributed by atoms with van der Waals surface area (Å²) in [5.41, 5.74) is 3.43. The van der Waals surface area contributed by atoms with Crippen LogP contribution >= 0.6 is 0 Å². The monoisotopic (exact) mass is 268 g/mol. The molecule has 20 heavy (non-hydrogen) atoms. The van der Waals surface area contributed by atoms with Gasteiger partial charge in [0.25, 0.3) is 0 Å². The van der Waals surface area contributed by atoms with Crippen molar-refractivity contribution in [2.75, 3.05) is 7.11 Å². The van der Waals surface area contributed by atoms with Gasteiger partial charge >= 0.3 is 5.97 Å². The molecule has 5 heteroatoms. The Morgan fingerprint density at radius 2 is 2.05 bits per heavy atom. The Hall–Kier alpha value is -2.69. The zero-order valence-electron chi connectivity index (χ0n) is 10.8. The highest BCUT2D eigenvalue weighted by Crippen LogP contribution is 2.26. The van der Waals surface area contributed by atoms with Crippen LogP contribution in [0.25, 0.3) is 11.3 Å². The largest absolute Gasteiger partial charge is 0.508 e. The van der Waals surface area contributed by atoms with Gasteiger partial charge in [-0.3, -0.25) is 9.98 Å². The number of rotatable bonds is 2. The average molecular weight is 268 g/mol. The number of pyridine rings is 1. The first-order valence-electron chi connectivity index (χ1n) is 6.10. The maximum atomic E-state index is 11.9. The number of ether oxygens (including phenoxy) is 1. The molecule has 1 N–H and O–H groups in total. The van der Waals surface area contributed by atoms with Gasteiger partial charge in [0.2, 0.25) is 0 Å². The van der Waals surface area contributed by atoms with E-state index in [2.05, 4.69) is 9.98 Å². The Kier molecular flexibility index (Phi) is 2.95. The lowest BCUT2D eigenvalue weighted by Crippen LogP contribution is -2.08. The molecule has 2 heterocycles. The van der Waals surface area contributed by atoms with Crippen LogP contribution in [-0.4, -0.2) is 29.4 Å². The quantitative estimate of drug-likeness (QED) is 0.847. The van der Waals surface area contributed by atoms with Crippen LogP contribution < -0.4 is 0 Å². The van der Waals surface area contributed by atoms with Crippen molar-refractivity contribution in [3.63, 3.8) is 0 Å². The van der Waals surface area contributed by atoms with Crippen LogP contribution in [0.4, 0.5) is 0 Å². The summed E-state index contributed by atoms with van der Waals surface area (Å²) in [4.78, 5) is 20.5. The van der Waals surface area contributed by atoms with E-state index in [0.29, 0.717) is 17.8 Å². The molecule has 0 radical (unpaired) electrons. The van der Waals surface area contributed by atoms with Gasteiger partial charge in [0, 0.05) is 17.3 Å². The molecular weight excluding hydrogens is 256 g/mol. The Labute approximate surface area is 115 Å². The number of hydrogen-bond acceptors (Lipinski definition) is 5. The summed E-state index contributed by atoms with van der Waals surface area (Å²) in [6.07, 6.45) is 1.65. The molecule has 0 saturated carbocycles. The molecule has 0 atom stereocenters. The summed E-state index contributed by atoms with van der Waals surface area (Å²) in [6.45, 7) is 0.464. The van der Waals surface area contributed by atoms with Crippen LogP contribution in [0.3, 0.4) is 0 Å². The lowest BCUT2D eigenvalue weighted by Gasteiger charge is -2.08. The smallest absolute Gasteiger partial charge is 0.338 e. The molecule has 1 aliphatic rings. The molecule has 0 unspecified atom stereocenters. The van der Waals surface area contributed by atoms with E-state index in [1.807, 2.05) is 0 Å². The Bertz CT molecular complexity index is 706. The van der Waals surface area contributed by atoms with Crippen LogP contribution in [0.2, 0.25) is 0 Å². The van der Waals surface area contributed by atoms with E-state index < -0.39 is 5.97 Å². The van der Waals surface area contributed by atoms with Crippen LogP contribution in [0.5, 0.6) is 5.75 Å². The number of aliphatic imine (C=N–C) groups is 1. The van der Waals surface area contributed by atoms with Crippen molar-refractivity contribution in [1.29, 1.82) is 0 Å². The van der Waals surface area contributed by atoms with E-state index in [1.54, 1.807) is 36.5 Å². The number of carbonyl (C=O) groups is 1. The normalized spacial score (nSPS) is 12.2. The van der Waals surface area contributed by atoms with Gasteiger partial charge in [0.1, 0.15) is 5.75 Å². The summed E-state index contributed by atoms with van der Waals surface area (Å²) in [7, 11) is 1.35. The first kappa shape index (κ1) is 12.3. The van der Waals surface area contributed by atoms with E-state index in [9.17, 15) is 9.90 Å². The zero-order chi connectivity index (χ0) is 14.1. The van der Waals surface area contributed by atoms with Gasteiger partial charge in [0.15, 0.2) is 0 Å². The highest BCUT2D eigenvalue weighted by Gasteiger charge is 2.20. The number of carbonyl (C=O) groups excluding carboxylic acids is 1. The molecule has 3 rings (SSSR count). The van der Waals surface area contributed by atoms with Crippen LogP contribution in [0.15, 0.2) is 35.3 Å². The fraction of sp³-hybridized carbons (Fsp3) is 0.133. The number of hydrogen-bond donors (Lipinski definition) is 1. The fourth-order valence-corrected chi connectivity index (χ4v) is 2.15. The van der Waals surface area contributed by atoms with Crippen LogP contribution in [-0.2, 0) is 11.3 Å². The van der Waals surface area contributed by atoms with Gasteiger partial charge in [-0.1, -0.05) is 0 Å². The minimum absolute atomic E-state index is 0.187. The molecule has 0 saturated heterocycles. The molecule has 0 aliphatic carbocycles. The second kappa shape index (κ2) is 4.77. The maximum absolute atomic E-state index is 11.9. The molecule has 2 aromatic rings. The number of phenolic OH excluding ortho intramolecular Hbond substituents is 1. The van der Waals surface area contributed by atoms with Crippen LogP contribution in [0.1, 0.15) is 21.6 Å². The third-order valence-electron chi connectivity index (χ3n) is 3.17. The highest BCUT2D eigenvalue weighted by molar-refractivity contribution is 6.01. The minimum Gasteiger partial charge on any atom is -0.508 e.